The molecule has 128 valence electrons. The maximum Gasteiger partial charge on any atom is 0.329 e. The van der Waals surface area contributed by atoms with Gasteiger partial charge in [0.05, 0.1) is 11.6 Å². The number of nitrogens with zero attached hydrogens (tertiary/aromatic N) is 1. The van der Waals surface area contributed by atoms with Crippen LogP contribution in [-0.4, -0.2) is 35.0 Å². The van der Waals surface area contributed by atoms with E-state index in [2.05, 4.69) is 5.32 Å². The Morgan fingerprint density at radius 2 is 2.00 bits per heavy atom. The molecule has 1 heterocycles. The van der Waals surface area contributed by atoms with E-state index in [1.165, 1.54) is 0 Å². The highest BCUT2D eigenvalue weighted by Crippen LogP contribution is 2.34. The van der Waals surface area contributed by atoms with Crippen molar-refractivity contribution in [2.45, 2.75) is 31.2 Å². The van der Waals surface area contributed by atoms with E-state index < -0.39 is 40.9 Å². The zero-order chi connectivity index (χ0) is 17.5. The van der Waals surface area contributed by atoms with Gasteiger partial charge in [-0.2, -0.15) is 0 Å². The third-order valence-electron chi connectivity index (χ3n) is 4.68. The van der Waals surface area contributed by atoms with Gasteiger partial charge in [-0.15, -0.1) is 0 Å². The standard InChI is InChI=1S/C16H16F2N2O4/c17-10-2-3-12(11(18)7-10)20-8-9(6-13(20)21)14(22)19-16(15(23)24)4-1-5-16/h2-3,7,9H,1,4-6,8H2,(H,19,22)(H,23,24). The quantitative estimate of drug-likeness (QED) is 0.870. The molecule has 2 fully saturated rings. The Morgan fingerprint density at radius 3 is 2.54 bits per heavy atom. The highest BCUT2D eigenvalue weighted by atomic mass is 19.1. The molecule has 1 unspecified atom stereocenters. The molecule has 2 N–H and O–H groups in total. The molecule has 3 rings (SSSR count). The minimum absolute atomic E-state index is 0.0665. The molecular weight excluding hydrogens is 322 g/mol. The average molecular weight is 338 g/mol. The lowest BCUT2D eigenvalue weighted by Gasteiger charge is -2.38. The van der Waals surface area contributed by atoms with E-state index in [0.717, 1.165) is 17.0 Å². The number of aliphatic carboxylic acids is 1. The van der Waals surface area contributed by atoms with Crippen molar-refractivity contribution in [3.8, 4) is 0 Å². The van der Waals surface area contributed by atoms with Gasteiger partial charge in [-0.05, 0) is 31.4 Å². The Kier molecular flexibility index (Phi) is 3.98. The zero-order valence-corrected chi connectivity index (χ0v) is 12.7. The summed E-state index contributed by atoms with van der Waals surface area (Å²) in [5.74, 6) is -4.49. The topological polar surface area (TPSA) is 86.7 Å². The van der Waals surface area contributed by atoms with Crippen LogP contribution >= 0.6 is 0 Å². The van der Waals surface area contributed by atoms with Gasteiger partial charge in [0.1, 0.15) is 17.2 Å². The predicted molar refractivity (Wildman–Crippen MR) is 79.2 cm³/mol. The number of rotatable bonds is 4. The Labute approximate surface area is 136 Å². The molecule has 1 saturated heterocycles. The number of carbonyl (C=O) groups excluding carboxylic acids is 2. The van der Waals surface area contributed by atoms with Gasteiger partial charge in [-0.25, -0.2) is 13.6 Å². The van der Waals surface area contributed by atoms with E-state index in [1.807, 2.05) is 0 Å². The first kappa shape index (κ1) is 16.4. The van der Waals surface area contributed by atoms with Gasteiger partial charge in [0.2, 0.25) is 11.8 Å². The van der Waals surface area contributed by atoms with E-state index in [1.54, 1.807) is 0 Å². The lowest BCUT2D eigenvalue weighted by molar-refractivity contribution is -0.152. The maximum atomic E-state index is 13.8. The van der Waals surface area contributed by atoms with Gasteiger partial charge in [0.25, 0.3) is 0 Å². The highest BCUT2D eigenvalue weighted by molar-refractivity contribution is 6.01. The highest BCUT2D eigenvalue weighted by Gasteiger charge is 2.47. The summed E-state index contributed by atoms with van der Waals surface area (Å²) >= 11 is 0. The minimum Gasteiger partial charge on any atom is -0.480 e. The fourth-order valence-corrected chi connectivity index (χ4v) is 3.08. The summed E-state index contributed by atoms with van der Waals surface area (Å²) in [6.45, 7) is -0.0665. The number of carbonyl (C=O) groups is 3. The smallest absolute Gasteiger partial charge is 0.329 e. The molecule has 1 atom stereocenters. The zero-order valence-electron chi connectivity index (χ0n) is 12.7. The number of hydrogen-bond donors (Lipinski definition) is 2. The Balaban J connectivity index is 1.72. The largest absolute Gasteiger partial charge is 0.480 e. The number of anilines is 1. The number of amides is 2. The number of hydrogen-bond acceptors (Lipinski definition) is 3. The SMILES string of the molecule is O=C(NC1(C(=O)O)CCC1)C1CC(=O)N(c2ccc(F)cc2F)C1. The number of halogens is 2. The maximum absolute atomic E-state index is 13.8. The molecule has 1 aliphatic heterocycles. The lowest BCUT2D eigenvalue weighted by Crippen LogP contribution is -2.60. The summed E-state index contributed by atoms with van der Waals surface area (Å²) in [4.78, 5) is 36.8. The third-order valence-corrected chi connectivity index (χ3v) is 4.68. The van der Waals surface area contributed by atoms with Crippen LogP contribution in [0.3, 0.4) is 0 Å². The van der Waals surface area contributed by atoms with Crippen molar-refractivity contribution in [3.05, 3.63) is 29.8 Å². The van der Waals surface area contributed by atoms with Crippen molar-refractivity contribution in [1.82, 2.24) is 5.32 Å². The van der Waals surface area contributed by atoms with Crippen molar-refractivity contribution >= 4 is 23.5 Å². The second-order valence-electron chi connectivity index (χ2n) is 6.23. The lowest BCUT2D eigenvalue weighted by atomic mass is 9.76. The van der Waals surface area contributed by atoms with Gasteiger partial charge in [0.15, 0.2) is 0 Å². The normalized spacial score (nSPS) is 22.2. The first-order chi connectivity index (χ1) is 11.3. The molecule has 0 bridgehead atoms. The van der Waals surface area contributed by atoms with E-state index in [0.29, 0.717) is 25.3 Å². The fraction of sp³-hybridized carbons (Fsp3) is 0.438. The van der Waals surface area contributed by atoms with E-state index in [-0.39, 0.29) is 18.7 Å². The summed E-state index contributed by atoms with van der Waals surface area (Å²) in [5, 5.41) is 11.8. The monoisotopic (exact) mass is 338 g/mol. The number of carboxylic acid groups (broad SMARTS) is 1. The van der Waals surface area contributed by atoms with Crippen molar-refractivity contribution in [2.75, 3.05) is 11.4 Å². The van der Waals surface area contributed by atoms with Crippen LogP contribution in [0.2, 0.25) is 0 Å². The number of benzene rings is 1. The molecule has 6 nitrogen and oxygen atoms in total. The second-order valence-corrected chi connectivity index (χ2v) is 6.23. The molecule has 8 heteroatoms. The van der Waals surface area contributed by atoms with Gasteiger partial charge in [0, 0.05) is 19.0 Å². The summed E-state index contributed by atoms with van der Waals surface area (Å²) in [6, 6.07) is 2.85. The molecule has 0 spiro atoms. The van der Waals surface area contributed by atoms with Gasteiger partial charge in [-0.3, -0.25) is 9.59 Å². The molecule has 0 aromatic heterocycles. The summed E-state index contributed by atoms with van der Waals surface area (Å²) < 4.78 is 26.8. The second kappa shape index (κ2) is 5.85. The minimum atomic E-state index is -1.26. The first-order valence-electron chi connectivity index (χ1n) is 7.63. The molecule has 2 amide bonds. The first-order valence-corrected chi connectivity index (χ1v) is 7.63. The Hall–Kier alpha value is -2.51. The molecule has 1 aromatic carbocycles. The Morgan fingerprint density at radius 1 is 1.29 bits per heavy atom. The van der Waals surface area contributed by atoms with E-state index >= 15 is 0 Å². The van der Waals surface area contributed by atoms with Gasteiger partial charge < -0.3 is 15.3 Å². The van der Waals surface area contributed by atoms with Crippen molar-refractivity contribution in [3.63, 3.8) is 0 Å². The van der Waals surface area contributed by atoms with Crippen molar-refractivity contribution < 1.29 is 28.3 Å². The predicted octanol–water partition coefficient (Wildman–Crippen LogP) is 1.44. The molecule has 1 saturated carbocycles. The van der Waals surface area contributed by atoms with Crippen molar-refractivity contribution in [1.29, 1.82) is 0 Å². The van der Waals surface area contributed by atoms with Crippen LogP contribution in [-0.2, 0) is 14.4 Å². The Bertz CT molecular complexity index is 718. The number of carboxylic acids is 1. The average Bonchev–Trinajstić information content (AvgIpc) is 2.84. The van der Waals surface area contributed by atoms with Crippen LogP contribution in [0.1, 0.15) is 25.7 Å². The third kappa shape index (κ3) is 2.72. The van der Waals surface area contributed by atoms with Crippen molar-refractivity contribution in [2.24, 2.45) is 5.92 Å². The molecule has 0 radical (unpaired) electrons. The van der Waals surface area contributed by atoms with E-state index in [4.69, 9.17) is 0 Å². The molecule has 1 aliphatic carbocycles. The summed E-state index contributed by atoms with van der Waals surface area (Å²) in [5.41, 5.74) is -1.34. The molecule has 2 aliphatic rings. The molecule has 1 aromatic rings. The molecule has 24 heavy (non-hydrogen) atoms. The van der Waals surface area contributed by atoms with Gasteiger partial charge >= 0.3 is 5.97 Å². The van der Waals surface area contributed by atoms with Crippen LogP contribution in [0, 0.1) is 17.6 Å². The van der Waals surface area contributed by atoms with Crippen LogP contribution < -0.4 is 10.2 Å². The van der Waals surface area contributed by atoms with Crippen LogP contribution in [0.5, 0.6) is 0 Å². The molecular formula is C16H16F2N2O4. The van der Waals surface area contributed by atoms with E-state index in [9.17, 15) is 28.3 Å². The van der Waals surface area contributed by atoms with Gasteiger partial charge in [-0.1, -0.05) is 0 Å². The summed E-state index contributed by atoms with van der Waals surface area (Å²) in [6.07, 6.45) is 1.28. The fourth-order valence-electron chi connectivity index (χ4n) is 3.08. The summed E-state index contributed by atoms with van der Waals surface area (Å²) in [7, 11) is 0. The van der Waals surface area contributed by atoms with Crippen LogP contribution in [0.15, 0.2) is 18.2 Å². The van der Waals surface area contributed by atoms with Crippen LogP contribution in [0.4, 0.5) is 14.5 Å². The number of nitrogens with one attached hydrogen (secondary N) is 1. The van der Waals surface area contributed by atoms with Crippen LogP contribution in [0.25, 0.3) is 0 Å².